The Kier molecular flexibility index (Phi) is 43.6. The van der Waals surface area contributed by atoms with Crippen LogP contribution in [0.15, 0.2) is 0 Å². The van der Waals surface area contributed by atoms with Gasteiger partial charge in [-0.25, -0.2) is 0 Å². The molecule has 0 aromatic rings. The molecule has 0 radical (unpaired) electrons. The van der Waals surface area contributed by atoms with Crippen LogP contribution in [0.25, 0.3) is 0 Å². The molecular weight excluding hydrogens is 384 g/mol. The van der Waals surface area contributed by atoms with E-state index in [1.807, 2.05) is 0 Å². The van der Waals surface area contributed by atoms with Crippen molar-refractivity contribution in [3.05, 3.63) is 0 Å². The average Bonchev–Trinajstić information content (AvgIpc) is 2.72. The maximum absolute atomic E-state index is 2.32. The largest absolute Gasteiger partial charge is 0.0654 e. The van der Waals surface area contributed by atoms with Crippen molar-refractivity contribution in [2.75, 3.05) is 0 Å². The van der Waals surface area contributed by atoms with Gasteiger partial charge in [0.2, 0.25) is 0 Å². The van der Waals surface area contributed by atoms with Crippen LogP contribution in [0.5, 0.6) is 0 Å². The summed E-state index contributed by atoms with van der Waals surface area (Å²) < 4.78 is 0. The van der Waals surface area contributed by atoms with Crippen LogP contribution in [0.3, 0.4) is 0 Å². The molecule has 0 aromatic carbocycles. The van der Waals surface area contributed by atoms with E-state index in [2.05, 4.69) is 83.1 Å². The van der Waals surface area contributed by atoms with Gasteiger partial charge in [-0.1, -0.05) is 186 Å². The van der Waals surface area contributed by atoms with Gasteiger partial charge in [-0.2, -0.15) is 0 Å². The molecule has 0 nitrogen and oxygen atoms in total. The fraction of sp³-hybridized carbons (Fsp3) is 1.00. The molecule has 0 aliphatic heterocycles. The Morgan fingerprint density at radius 2 is 0.625 bits per heavy atom. The highest BCUT2D eigenvalue weighted by atomic mass is 14.0. The van der Waals surface area contributed by atoms with Crippen molar-refractivity contribution < 1.29 is 0 Å². The van der Waals surface area contributed by atoms with E-state index < -0.39 is 0 Å². The number of unbranched alkanes of at least 4 members (excludes halogenated alkanes) is 9. The Morgan fingerprint density at radius 1 is 0.312 bits per heavy atom. The van der Waals surface area contributed by atoms with Gasteiger partial charge in [-0.15, -0.1) is 0 Å². The van der Waals surface area contributed by atoms with E-state index in [-0.39, 0.29) is 0 Å². The average molecular weight is 457 g/mol. The Bertz CT molecular complexity index is 261. The highest BCUT2D eigenvalue weighted by Crippen LogP contribution is 2.12. The minimum absolute atomic E-state index is 0.884. The molecule has 0 fully saturated rings. The van der Waals surface area contributed by atoms with Gasteiger partial charge < -0.3 is 0 Å². The van der Waals surface area contributed by atoms with Gasteiger partial charge in [-0.05, 0) is 23.7 Å². The Balaban J connectivity index is -0.000000182. The van der Waals surface area contributed by atoms with Crippen LogP contribution in [0.1, 0.15) is 186 Å². The maximum atomic E-state index is 2.32. The molecule has 32 heavy (non-hydrogen) atoms. The first-order chi connectivity index (χ1) is 15.1. The molecule has 0 aliphatic carbocycles. The van der Waals surface area contributed by atoms with Crippen molar-refractivity contribution in [3.63, 3.8) is 0 Å². The van der Waals surface area contributed by atoms with Crippen molar-refractivity contribution in [2.24, 2.45) is 23.7 Å². The summed E-state index contributed by atoms with van der Waals surface area (Å²) in [5, 5.41) is 0. The molecule has 0 saturated carbocycles. The lowest BCUT2D eigenvalue weighted by Crippen LogP contribution is -1.87. The van der Waals surface area contributed by atoms with Gasteiger partial charge in [0, 0.05) is 0 Å². The van der Waals surface area contributed by atoms with Gasteiger partial charge >= 0.3 is 0 Å². The predicted molar refractivity (Wildman–Crippen MR) is 156 cm³/mol. The van der Waals surface area contributed by atoms with Crippen molar-refractivity contribution in [1.29, 1.82) is 0 Å². The standard InChI is InChI=1S/C14H30.C7H16.C6H14.C5H12/c1-4-5-6-7-8-9-10-11-12-13-14(2)3;1-4-5-6-7(2)3;1-4-5-6(2)3;1-4-5(2)3/h14H,4-13H2,1-3H3;7H,4-6H2,1-3H3;6H,4-5H2,1-3H3;5H,4H2,1-3H3. The van der Waals surface area contributed by atoms with E-state index in [1.165, 1.54) is 103 Å². The van der Waals surface area contributed by atoms with E-state index in [1.54, 1.807) is 0 Å². The van der Waals surface area contributed by atoms with E-state index in [0.717, 1.165) is 23.7 Å². The fourth-order valence-corrected chi connectivity index (χ4v) is 3.05. The molecule has 0 saturated heterocycles. The van der Waals surface area contributed by atoms with E-state index in [9.17, 15) is 0 Å². The molecule has 0 amide bonds. The number of hydrogen-bond acceptors (Lipinski definition) is 0. The molecule has 0 heteroatoms. The zero-order chi connectivity index (χ0) is 25.6. The highest BCUT2D eigenvalue weighted by molar-refractivity contribution is 4.49. The van der Waals surface area contributed by atoms with Gasteiger partial charge in [-0.3, -0.25) is 0 Å². The molecule has 0 N–H and O–H groups in total. The molecule has 200 valence electrons. The smallest absolute Gasteiger partial charge is 0.0471 e. The van der Waals surface area contributed by atoms with Crippen molar-refractivity contribution in [2.45, 2.75) is 186 Å². The zero-order valence-corrected chi connectivity index (χ0v) is 25.6. The van der Waals surface area contributed by atoms with Gasteiger partial charge in [0.05, 0.1) is 0 Å². The summed E-state index contributed by atoms with van der Waals surface area (Å²) in [4.78, 5) is 0. The normalized spacial score (nSPS) is 10.5. The van der Waals surface area contributed by atoms with Crippen LogP contribution in [0.4, 0.5) is 0 Å². The van der Waals surface area contributed by atoms with Crippen LogP contribution in [0, 0.1) is 23.7 Å². The third-order valence-corrected chi connectivity index (χ3v) is 5.70. The first-order valence-corrected chi connectivity index (χ1v) is 15.1. The lowest BCUT2D eigenvalue weighted by atomic mass is 10.0. The summed E-state index contributed by atoms with van der Waals surface area (Å²) in [6.07, 6.45) is 22.7. The van der Waals surface area contributed by atoms with E-state index in [4.69, 9.17) is 0 Å². The molecule has 0 unspecified atom stereocenters. The third kappa shape index (κ3) is 63.1. The second-order valence-corrected chi connectivity index (χ2v) is 11.5. The second-order valence-electron chi connectivity index (χ2n) is 11.5. The van der Waals surface area contributed by atoms with Crippen molar-refractivity contribution in [3.8, 4) is 0 Å². The highest BCUT2D eigenvalue weighted by Gasteiger charge is 1.94. The molecule has 0 atom stereocenters. The van der Waals surface area contributed by atoms with E-state index >= 15 is 0 Å². The molecular formula is C32H72. The van der Waals surface area contributed by atoms with Crippen LogP contribution in [-0.2, 0) is 0 Å². The summed E-state index contributed by atoms with van der Waals surface area (Å²) in [7, 11) is 0. The van der Waals surface area contributed by atoms with Crippen molar-refractivity contribution >= 4 is 0 Å². The Labute approximate surface area is 209 Å². The van der Waals surface area contributed by atoms with Gasteiger partial charge in [0.15, 0.2) is 0 Å². The first-order valence-electron chi connectivity index (χ1n) is 15.1. The maximum Gasteiger partial charge on any atom is -0.0471 e. The van der Waals surface area contributed by atoms with Gasteiger partial charge in [0.25, 0.3) is 0 Å². The molecule has 0 rings (SSSR count). The van der Waals surface area contributed by atoms with Crippen LogP contribution < -0.4 is 0 Å². The predicted octanol–water partition coefficient (Wildman–Crippen LogP) is 12.9. The zero-order valence-electron chi connectivity index (χ0n) is 25.6. The topological polar surface area (TPSA) is 0 Å². The van der Waals surface area contributed by atoms with Crippen LogP contribution >= 0.6 is 0 Å². The fourth-order valence-electron chi connectivity index (χ4n) is 3.05. The third-order valence-electron chi connectivity index (χ3n) is 5.70. The van der Waals surface area contributed by atoms with Crippen LogP contribution in [-0.4, -0.2) is 0 Å². The summed E-state index contributed by atoms with van der Waals surface area (Å²) >= 11 is 0. The SMILES string of the molecule is CCC(C)C.CCCC(C)C.CCCCC(C)C.CCCCCCCCCCCC(C)C. The number of rotatable bonds is 16. The summed E-state index contributed by atoms with van der Waals surface area (Å²) in [6, 6.07) is 0. The lowest BCUT2D eigenvalue weighted by Gasteiger charge is -2.04. The minimum atomic E-state index is 0.884. The quantitative estimate of drug-likeness (QED) is 0.202. The molecule has 0 aromatic heterocycles. The number of hydrogen-bond donors (Lipinski definition) is 0. The lowest BCUT2D eigenvalue weighted by molar-refractivity contribution is 0.507. The summed E-state index contributed by atoms with van der Waals surface area (Å²) in [5.41, 5.74) is 0. The monoisotopic (exact) mass is 457 g/mol. The molecule has 0 aliphatic rings. The van der Waals surface area contributed by atoms with Crippen LogP contribution in [0.2, 0.25) is 0 Å². The van der Waals surface area contributed by atoms with Crippen molar-refractivity contribution in [1.82, 2.24) is 0 Å². The summed E-state index contributed by atoms with van der Waals surface area (Å²) in [5.74, 6) is 3.59. The first kappa shape index (κ1) is 39.2. The Morgan fingerprint density at radius 3 is 0.844 bits per heavy atom. The minimum Gasteiger partial charge on any atom is -0.0654 e. The molecule has 0 bridgehead atoms. The Hall–Kier alpha value is 0. The second kappa shape index (κ2) is 35.6. The molecule has 0 spiro atoms. The van der Waals surface area contributed by atoms with Gasteiger partial charge in [0.1, 0.15) is 0 Å². The molecule has 0 heterocycles. The van der Waals surface area contributed by atoms with E-state index in [0.29, 0.717) is 0 Å². The summed E-state index contributed by atoms with van der Waals surface area (Å²) in [6.45, 7) is 27.1.